The third kappa shape index (κ3) is 2.17. The molecule has 3 nitrogen and oxygen atoms in total. The first-order valence-electron chi connectivity index (χ1n) is 4.86. The van der Waals surface area contributed by atoms with Crippen LogP contribution in [0.1, 0.15) is 6.92 Å². The van der Waals surface area contributed by atoms with Gasteiger partial charge in [-0.25, -0.2) is 4.98 Å². The summed E-state index contributed by atoms with van der Waals surface area (Å²) in [5.41, 5.74) is 1.24. The van der Waals surface area contributed by atoms with Gasteiger partial charge in [0.1, 0.15) is 3.70 Å². The van der Waals surface area contributed by atoms with Gasteiger partial charge in [0, 0.05) is 25.7 Å². The van der Waals surface area contributed by atoms with Crippen LogP contribution in [0.25, 0.3) is 0 Å². The standard InChI is InChI=1S/C10H14IN3/c1-8-6-12-4-5-14(8)9-2-3-10(11)13-7-9/h2-3,7-8,12H,4-6H2,1H3/t8-/m0/s1. The van der Waals surface area contributed by atoms with Gasteiger partial charge in [0.25, 0.3) is 0 Å². The molecule has 1 fully saturated rings. The third-order valence-corrected chi connectivity index (χ3v) is 3.18. The summed E-state index contributed by atoms with van der Waals surface area (Å²) in [5.74, 6) is 0. The Balaban J connectivity index is 2.16. The molecular weight excluding hydrogens is 289 g/mol. The van der Waals surface area contributed by atoms with Crippen LogP contribution in [0.15, 0.2) is 18.3 Å². The van der Waals surface area contributed by atoms with E-state index in [0.29, 0.717) is 6.04 Å². The molecule has 4 heteroatoms. The fourth-order valence-electron chi connectivity index (χ4n) is 1.76. The number of rotatable bonds is 1. The van der Waals surface area contributed by atoms with Crippen molar-refractivity contribution in [2.45, 2.75) is 13.0 Å². The van der Waals surface area contributed by atoms with Crippen molar-refractivity contribution >= 4 is 28.3 Å². The molecule has 2 heterocycles. The first-order valence-corrected chi connectivity index (χ1v) is 5.94. The van der Waals surface area contributed by atoms with Gasteiger partial charge in [-0.2, -0.15) is 0 Å². The first kappa shape index (κ1) is 10.2. The highest BCUT2D eigenvalue weighted by Gasteiger charge is 2.17. The zero-order chi connectivity index (χ0) is 9.97. The van der Waals surface area contributed by atoms with Crippen molar-refractivity contribution in [2.75, 3.05) is 24.5 Å². The molecular formula is C10H14IN3. The van der Waals surface area contributed by atoms with E-state index < -0.39 is 0 Å². The molecule has 1 N–H and O–H groups in total. The fraction of sp³-hybridized carbons (Fsp3) is 0.500. The van der Waals surface area contributed by atoms with Gasteiger partial charge in [-0.05, 0) is 41.6 Å². The molecule has 0 unspecified atom stereocenters. The van der Waals surface area contributed by atoms with Gasteiger partial charge in [0.05, 0.1) is 11.9 Å². The van der Waals surface area contributed by atoms with Gasteiger partial charge < -0.3 is 10.2 Å². The van der Waals surface area contributed by atoms with E-state index in [9.17, 15) is 0 Å². The van der Waals surface area contributed by atoms with Crippen molar-refractivity contribution in [3.63, 3.8) is 0 Å². The lowest BCUT2D eigenvalue weighted by Gasteiger charge is -2.35. The summed E-state index contributed by atoms with van der Waals surface area (Å²) in [7, 11) is 0. The number of nitrogens with one attached hydrogen (secondary N) is 1. The highest BCUT2D eigenvalue weighted by Crippen LogP contribution is 2.17. The van der Waals surface area contributed by atoms with Crippen molar-refractivity contribution in [3.8, 4) is 0 Å². The van der Waals surface area contributed by atoms with E-state index in [1.54, 1.807) is 0 Å². The molecule has 0 radical (unpaired) electrons. The van der Waals surface area contributed by atoms with Gasteiger partial charge in [0.2, 0.25) is 0 Å². The van der Waals surface area contributed by atoms with Crippen LogP contribution in [0.4, 0.5) is 5.69 Å². The zero-order valence-electron chi connectivity index (χ0n) is 8.20. The van der Waals surface area contributed by atoms with Crippen molar-refractivity contribution in [3.05, 3.63) is 22.0 Å². The van der Waals surface area contributed by atoms with Crippen LogP contribution in [0, 0.1) is 3.70 Å². The minimum atomic E-state index is 0.561. The third-order valence-electron chi connectivity index (χ3n) is 2.54. The highest BCUT2D eigenvalue weighted by atomic mass is 127. The average Bonchev–Trinajstić information content (AvgIpc) is 2.20. The summed E-state index contributed by atoms with van der Waals surface area (Å²) in [6, 6.07) is 4.77. The van der Waals surface area contributed by atoms with Gasteiger partial charge >= 0.3 is 0 Å². The summed E-state index contributed by atoms with van der Waals surface area (Å²) in [4.78, 5) is 6.72. The van der Waals surface area contributed by atoms with E-state index >= 15 is 0 Å². The summed E-state index contributed by atoms with van der Waals surface area (Å²) >= 11 is 2.23. The van der Waals surface area contributed by atoms with Gasteiger partial charge in [0.15, 0.2) is 0 Å². The van der Waals surface area contributed by atoms with Gasteiger partial charge in [-0.3, -0.25) is 0 Å². The molecule has 1 aliphatic heterocycles. The SMILES string of the molecule is C[C@H]1CNCCN1c1ccc(I)nc1. The summed E-state index contributed by atoms with van der Waals surface area (Å²) < 4.78 is 1.05. The maximum absolute atomic E-state index is 4.31. The number of hydrogen-bond acceptors (Lipinski definition) is 3. The lowest BCUT2D eigenvalue weighted by Crippen LogP contribution is -2.49. The quantitative estimate of drug-likeness (QED) is 0.629. The molecule has 0 saturated carbocycles. The number of pyridine rings is 1. The Morgan fingerprint density at radius 1 is 1.57 bits per heavy atom. The van der Waals surface area contributed by atoms with Crippen LogP contribution in [0.5, 0.6) is 0 Å². The molecule has 2 rings (SSSR count). The maximum atomic E-state index is 4.31. The van der Waals surface area contributed by atoms with Gasteiger partial charge in [-0.15, -0.1) is 0 Å². The van der Waals surface area contributed by atoms with E-state index in [1.165, 1.54) is 5.69 Å². The lowest BCUT2D eigenvalue weighted by molar-refractivity contribution is 0.500. The molecule has 1 aliphatic rings. The van der Waals surface area contributed by atoms with Crippen LogP contribution in [0.3, 0.4) is 0 Å². The molecule has 1 aromatic rings. The summed E-state index contributed by atoms with van der Waals surface area (Å²) in [6.45, 7) is 5.44. The smallest absolute Gasteiger partial charge is 0.101 e. The molecule has 0 spiro atoms. The van der Waals surface area contributed by atoms with Crippen molar-refractivity contribution in [2.24, 2.45) is 0 Å². The monoisotopic (exact) mass is 303 g/mol. The number of piperazine rings is 1. The molecule has 0 aromatic carbocycles. The zero-order valence-corrected chi connectivity index (χ0v) is 10.4. The lowest BCUT2D eigenvalue weighted by atomic mass is 10.2. The van der Waals surface area contributed by atoms with Crippen molar-refractivity contribution < 1.29 is 0 Å². The van der Waals surface area contributed by atoms with Crippen LogP contribution in [-0.2, 0) is 0 Å². The first-order chi connectivity index (χ1) is 6.77. The summed E-state index contributed by atoms with van der Waals surface area (Å²) in [5, 5.41) is 3.38. The van der Waals surface area contributed by atoms with Crippen molar-refractivity contribution in [1.82, 2.24) is 10.3 Å². The predicted molar refractivity (Wildman–Crippen MR) is 66.6 cm³/mol. The van der Waals surface area contributed by atoms with E-state index in [4.69, 9.17) is 0 Å². The molecule has 14 heavy (non-hydrogen) atoms. The number of halogens is 1. The van der Waals surface area contributed by atoms with Crippen LogP contribution >= 0.6 is 22.6 Å². The second-order valence-electron chi connectivity index (χ2n) is 3.59. The highest BCUT2D eigenvalue weighted by molar-refractivity contribution is 14.1. The Morgan fingerprint density at radius 2 is 2.43 bits per heavy atom. The number of hydrogen-bond donors (Lipinski definition) is 1. The van der Waals surface area contributed by atoms with E-state index in [-0.39, 0.29) is 0 Å². The van der Waals surface area contributed by atoms with E-state index in [1.807, 2.05) is 6.20 Å². The predicted octanol–water partition coefficient (Wildman–Crippen LogP) is 1.48. The molecule has 76 valence electrons. The molecule has 1 atom stereocenters. The molecule has 1 aromatic heterocycles. The molecule has 0 aliphatic carbocycles. The van der Waals surface area contributed by atoms with Crippen LogP contribution in [0.2, 0.25) is 0 Å². The minimum Gasteiger partial charge on any atom is -0.365 e. The topological polar surface area (TPSA) is 28.2 Å². The van der Waals surface area contributed by atoms with E-state index in [0.717, 1.165) is 23.3 Å². The second-order valence-corrected chi connectivity index (χ2v) is 4.69. The van der Waals surface area contributed by atoms with Crippen LogP contribution in [-0.4, -0.2) is 30.7 Å². The number of aromatic nitrogens is 1. The van der Waals surface area contributed by atoms with Crippen LogP contribution < -0.4 is 10.2 Å². The average molecular weight is 303 g/mol. The Labute approximate surface area is 98.0 Å². The van der Waals surface area contributed by atoms with Crippen molar-refractivity contribution in [1.29, 1.82) is 0 Å². The molecule has 0 amide bonds. The Morgan fingerprint density at radius 3 is 3.07 bits per heavy atom. The Kier molecular flexibility index (Phi) is 3.22. The largest absolute Gasteiger partial charge is 0.365 e. The number of anilines is 1. The maximum Gasteiger partial charge on any atom is 0.101 e. The molecule has 1 saturated heterocycles. The Bertz CT molecular complexity index is 299. The minimum absolute atomic E-state index is 0.561. The normalized spacial score (nSPS) is 22.4. The second kappa shape index (κ2) is 4.44. The number of nitrogens with zero attached hydrogens (tertiary/aromatic N) is 2. The summed E-state index contributed by atoms with van der Waals surface area (Å²) in [6.07, 6.45) is 1.96. The fourth-order valence-corrected chi connectivity index (χ4v) is 2.08. The van der Waals surface area contributed by atoms with E-state index in [2.05, 4.69) is 56.8 Å². The van der Waals surface area contributed by atoms with Gasteiger partial charge in [-0.1, -0.05) is 0 Å². The Hall–Kier alpha value is -0.360. The molecule has 0 bridgehead atoms.